The Morgan fingerprint density at radius 2 is 2.14 bits per heavy atom. The zero-order valence-corrected chi connectivity index (χ0v) is 12.4. The van der Waals surface area contributed by atoms with E-state index in [1.807, 2.05) is 6.92 Å². The molecular weight excluding hydrogens is 271 g/mol. The van der Waals surface area contributed by atoms with Crippen molar-refractivity contribution < 1.29 is 14.3 Å². The maximum Gasteiger partial charge on any atom is 0.260 e. The van der Waals surface area contributed by atoms with Gasteiger partial charge < -0.3 is 15.3 Å². The van der Waals surface area contributed by atoms with Crippen LogP contribution in [-0.4, -0.2) is 42.1 Å². The number of piperidine rings is 1. The van der Waals surface area contributed by atoms with Gasteiger partial charge in [-0.05, 0) is 50.4 Å². The Hall–Kier alpha value is -1.62. The number of benzene rings is 1. The topological polar surface area (TPSA) is 52.6 Å². The highest BCUT2D eigenvalue weighted by molar-refractivity contribution is 5.97. The molecule has 4 nitrogen and oxygen atoms in total. The number of carbonyl (C=O) groups is 1. The average molecular weight is 294 g/mol. The number of phenolic OH excluding ortho intramolecular Hbond substituents is 1. The van der Waals surface area contributed by atoms with Crippen LogP contribution in [0.1, 0.15) is 36.5 Å². The average Bonchev–Trinajstić information content (AvgIpc) is 2.47. The highest BCUT2D eigenvalue weighted by Gasteiger charge is 2.25. The quantitative estimate of drug-likeness (QED) is 0.876. The maximum atomic E-state index is 13.9. The molecule has 0 bridgehead atoms. The van der Waals surface area contributed by atoms with Crippen LogP contribution in [-0.2, 0) is 0 Å². The molecule has 116 valence electrons. The van der Waals surface area contributed by atoms with Gasteiger partial charge in [-0.2, -0.15) is 0 Å². The van der Waals surface area contributed by atoms with E-state index < -0.39 is 11.7 Å². The number of halogens is 1. The Morgan fingerprint density at radius 3 is 2.76 bits per heavy atom. The molecule has 1 amide bonds. The van der Waals surface area contributed by atoms with Crippen LogP contribution in [0, 0.1) is 11.7 Å². The predicted octanol–water partition coefficient (Wildman–Crippen LogP) is 2.38. The highest BCUT2D eigenvalue weighted by Crippen LogP contribution is 2.23. The molecule has 1 aliphatic rings. The summed E-state index contributed by atoms with van der Waals surface area (Å²) in [6.45, 7) is 5.12. The molecule has 2 N–H and O–H groups in total. The summed E-state index contributed by atoms with van der Waals surface area (Å²) < 4.78 is 13.9. The van der Waals surface area contributed by atoms with Crippen molar-refractivity contribution in [1.29, 1.82) is 0 Å². The Kier molecular flexibility index (Phi) is 5.56. The lowest BCUT2D eigenvalue weighted by Gasteiger charge is -2.30. The Balaban J connectivity index is 2.14. The zero-order valence-electron chi connectivity index (χ0n) is 12.4. The largest absolute Gasteiger partial charge is 0.507 e. The zero-order chi connectivity index (χ0) is 15.2. The summed E-state index contributed by atoms with van der Waals surface area (Å²) in [5.41, 5.74) is -0.208. The number of hydrogen-bond donors (Lipinski definition) is 2. The van der Waals surface area contributed by atoms with Gasteiger partial charge in [-0.15, -0.1) is 0 Å². The number of rotatable bonds is 5. The molecule has 1 aliphatic heterocycles. The van der Waals surface area contributed by atoms with Crippen LogP contribution >= 0.6 is 0 Å². The second-order valence-corrected chi connectivity index (χ2v) is 5.58. The minimum absolute atomic E-state index is 0.208. The van der Waals surface area contributed by atoms with E-state index in [9.17, 15) is 14.3 Å². The van der Waals surface area contributed by atoms with Gasteiger partial charge in [0.05, 0.1) is 0 Å². The Morgan fingerprint density at radius 1 is 1.43 bits per heavy atom. The molecule has 0 radical (unpaired) electrons. The van der Waals surface area contributed by atoms with Gasteiger partial charge in [0, 0.05) is 13.1 Å². The summed E-state index contributed by atoms with van der Waals surface area (Å²) in [5, 5.41) is 13.1. The van der Waals surface area contributed by atoms with Crippen LogP contribution in [0.3, 0.4) is 0 Å². The fourth-order valence-electron chi connectivity index (χ4n) is 2.80. The van der Waals surface area contributed by atoms with Gasteiger partial charge in [0.2, 0.25) is 0 Å². The summed E-state index contributed by atoms with van der Waals surface area (Å²) in [7, 11) is 0. The molecule has 0 unspecified atom stereocenters. The Labute approximate surface area is 125 Å². The molecule has 1 heterocycles. The molecule has 21 heavy (non-hydrogen) atoms. The van der Waals surface area contributed by atoms with Crippen molar-refractivity contribution in [3.63, 3.8) is 0 Å². The van der Waals surface area contributed by atoms with E-state index in [0.29, 0.717) is 19.0 Å². The van der Waals surface area contributed by atoms with Gasteiger partial charge in [-0.1, -0.05) is 13.0 Å². The van der Waals surface area contributed by atoms with Crippen molar-refractivity contribution in [3.8, 4) is 5.75 Å². The van der Waals surface area contributed by atoms with Gasteiger partial charge >= 0.3 is 0 Å². The summed E-state index contributed by atoms with van der Waals surface area (Å²) >= 11 is 0. The number of nitrogens with one attached hydrogen (secondary N) is 1. The van der Waals surface area contributed by atoms with E-state index >= 15 is 0 Å². The summed E-state index contributed by atoms with van der Waals surface area (Å²) in [6.07, 6.45) is 2.86. The van der Waals surface area contributed by atoms with Gasteiger partial charge in [0.15, 0.2) is 0 Å². The fraction of sp³-hybridized carbons (Fsp3) is 0.562. The van der Waals surface area contributed by atoms with E-state index in [-0.39, 0.29) is 11.3 Å². The minimum atomic E-state index is -0.661. The summed E-state index contributed by atoms with van der Waals surface area (Å²) in [4.78, 5) is 14.2. The molecule has 0 spiro atoms. The van der Waals surface area contributed by atoms with Gasteiger partial charge in [0.25, 0.3) is 5.91 Å². The van der Waals surface area contributed by atoms with E-state index in [1.165, 1.54) is 18.2 Å². The van der Waals surface area contributed by atoms with Crippen molar-refractivity contribution in [2.45, 2.75) is 26.2 Å². The smallest absolute Gasteiger partial charge is 0.260 e. The maximum absolute atomic E-state index is 13.9. The second kappa shape index (κ2) is 7.41. The first-order valence-electron chi connectivity index (χ1n) is 7.61. The standard InChI is InChI=1S/C16H23FN2O2/c1-2-10-19(11-12-6-8-18-9-7-12)16(21)15-13(17)4-3-5-14(15)20/h3-5,12,18,20H,2,6-11H2,1H3. The number of aromatic hydroxyl groups is 1. The summed E-state index contributed by atoms with van der Waals surface area (Å²) in [5.74, 6) is -0.917. The van der Waals surface area contributed by atoms with E-state index in [2.05, 4.69) is 5.32 Å². The Bertz CT molecular complexity index is 467. The van der Waals surface area contributed by atoms with Crippen molar-refractivity contribution in [1.82, 2.24) is 10.2 Å². The lowest BCUT2D eigenvalue weighted by molar-refractivity contribution is 0.0708. The molecule has 1 aromatic rings. The number of amides is 1. The normalized spacial score (nSPS) is 15.9. The number of phenols is 1. The first kappa shape index (κ1) is 15.8. The van der Waals surface area contributed by atoms with Crippen molar-refractivity contribution in [3.05, 3.63) is 29.6 Å². The van der Waals surface area contributed by atoms with E-state index in [0.717, 1.165) is 32.4 Å². The van der Waals surface area contributed by atoms with Crippen LogP contribution in [0.2, 0.25) is 0 Å². The molecule has 1 aromatic carbocycles. The molecule has 2 rings (SSSR count). The lowest BCUT2D eigenvalue weighted by atomic mass is 9.97. The molecule has 1 saturated heterocycles. The van der Waals surface area contributed by atoms with Crippen LogP contribution in [0.25, 0.3) is 0 Å². The highest BCUT2D eigenvalue weighted by atomic mass is 19.1. The molecular formula is C16H23FN2O2. The molecule has 0 saturated carbocycles. The number of nitrogens with zero attached hydrogens (tertiary/aromatic N) is 1. The number of hydrogen-bond acceptors (Lipinski definition) is 3. The predicted molar refractivity (Wildman–Crippen MR) is 79.9 cm³/mol. The van der Waals surface area contributed by atoms with Crippen LogP contribution in [0.15, 0.2) is 18.2 Å². The molecule has 0 aliphatic carbocycles. The third-order valence-electron chi connectivity index (χ3n) is 3.92. The van der Waals surface area contributed by atoms with Gasteiger partial charge in [-0.3, -0.25) is 4.79 Å². The van der Waals surface area contributed by atoms with Crippen molar-refractivity contribution >= 4 is 5.91 Å². The third kappa shape index (κ3) is 3.94. The van der Waals surface area contributed by atoms with E-state index in [1.54, 1.807) is 4.90 Å². The SMILES string of the molecule is CCCN(CC1CCNCC1)C(=O)c1c(O)cccc1F. The molecule has 0 atom stereocenters. The van der Waals surface area contributed by atoms with Gasteiger partial charge in [-0.25, -0.2) is 4.39 Å². The molecule has 0 aromatic heterocycles. The van der Waals surface area contributed by atoms with Crippen molar-refractivity contribution in [2.75, 3.05) is 26.2 Å². The van der Waals surface area contributed by atoms with Crippen molar-refractivity contribution in [2.24, 2.45) is 5.92 Å². The minimum Gasteiger partial charge on any atom is -0.507 e. The third-order valence-corrected chi connectivity index (χ3v) is 3.92. The van der Waals surface area contributed by atoms with Crippen LogP contribution in [0.5, 0.6) is 5.75 Å². The first-order valence-corrected chi connectivity index (χ1v) is 7.61. The van der Waals surface area contributed by atoms with Gasteiger partial charge in [0.1, 0.15) is 17.1 Å². The van der Waals surface area contributed by atoms with Crippen LogP contribution in [0.4, 0.5) is 4.39 Å². The molecule has 5 heteroatoms. The molecule has 1 fully saturated rings. The van der Waals surface area contributed by atoms with Crippen LogP contribution < -0.4 is 5.32 Å². The second-order valence-electron chi connectivity index (χ2n) is 5.58. The first-order chi connectivity index (χ1) is 10.1. The summed E-state index contributed by atoms with van der Waals surface area (Å²) in [6, 6.07) is 3.96. The van der Waals surface area contributed by atoms with E-state index in [4.69, 9.17) is 0 Å². The monoisotopic (exact) mass is 294 g/mol. The fourth-order valence-corrected chi connectivity index (χ4v) is 2.80. The lowest BCUT2D eigenvalue weighted by Crippen LogP contribution is -2.40. The number of carbonyl (C=O) groups excluding carboxylic acids is 1.